The van der Waals surface area contributed by atoms with Crippen LogP contribution in [-0.4, -0.2) is 13.7 Å². The Balaban J connectivity index is 2.13. The SMILES string of the molecule is CCOc1cc([C@H](N)CC2CC2)ccc1OC. The highest BCUT2D eigenvalue weighted by Crippen LogP contribution is 2.38. The highest BCUT2D eigenvalue weighted by Gasteiger charge is 2.24. The zero-order valence-corrected chi connectivity index (χ0v) is 10.6. The minimum Gasteiger partial charge on any atom is -0.493 e. The zero-order valence-electron chi connectivity index (χ0n) is 10.6. The van der Waals surface area contributed by atoms with E-state index in [0.29, 0.717) is 6.61 Å². The Morgan fingerprint density at radius 2 is 2.12 bits per heavy atom. The minimum absolute atomic E-state index is 0.118. The molecule has 94 valence electrons. The van der Waals surface area contributed by atoms with Crippen LogP contribution in [0.15, 0.2) is 18.2 Å². The number of ether oxygens (including phenoxy) is 2. The standard InChI is InChI=1S/C14H21NO2/c1-3-17-14-9-11(6-7-13(14)16-2)12(15)8-10-4-5-10/h6-7,9-10,12H,3-5,8,15H2,1-2H3/t12-/m1/s1. The maximum absolute atomic E-state index is 6.20. The molecule has 0 saturated heterocycles. The number of methoxy groups -OCH3 is 1. The third kappa shape index (κ3) is 3.13. The Morgan fingerprint density at radius 1 is 1.35 bits per heavy atom. The van der Waals surface area contributed by atoms with Crippen molar-refractivity contribution in [1.82, 2.24) is 0 Å². The molecule has 1 saturated carbocycles. The van der Waals surface area contributed by atoms with Crippen LogP contribution in [0.5, 0.6) is 11.5 Å². The van der Waals surface area contributed by atoms with Crippen LogP contribution in [0.3, 0.4) is 0 Å². The van der Waals surface area contributed by atoms with Gasteiger partial charge in [-0.25, -0.2) is 0 Å². The van der Waals surface area contributed by atoms with Crippen molar-refractivity contribution in [3.05, 3.63) is 23.8 Å². The van der Waals surface area contributed by atoms with E-state index in [-0.39, 0.29) is 6.04 Å². The van der Waals surface area contributed by atoms with Gasteiger partial charge in [-0.15, -0.1) is 0 Å². The van der Waals surface area contributed by atoms with Crippen LogP contribution >= 0.6 is 0 Å². The van der Waals surface area contributed by atoms with Crippen molar-refractivity contribution >= 4 is 0 Å². The summed E-state index contributed by atoms with van der Waals surface area (Å²) < 4.78 is 10.8. The first-order chi connectivity index (χ1) is 8.24. The van der Waals surface area contributed by atoms with Crippen molar-refractivity contribution in [1.29, 1.82) is 0 Å². The molecule has 0 aliphatic heterocycles. The number of hydrogen-bond donors (Lipinski definition) is 1. The molecule has 17 heavy (non-hydrogen) atoms. The predicted molar refractivity (Wildman–Crippen MR) is 68.4 cm³/mol. The minimum atomic E-state index is 0.118. The monoisotopic (exact) mass is 235 g/mol. The van der Waals surface area contributed by atoms with Crippen LogP contribution in [0.4, 0.5) is 0 Å². The fraction of sp³-hybridized carbons (Fsp3) is 0.571. The molecule has 0 radical (unpaired) electrons. The summed E-state index contributed by atoms with van der Waals surface area (Å²) >= 11 is 0. The number of benzene rings is 1. The second-order valence-electron chi connectivity index (χ2n) is 4.63. The van der Waals surface area contributed by atoms with Gasteiger partial charge in [-0.2, -0.15) is 0 Å². The largest absolute Gasteiger partial charge is 0.493 e. The van der Waals surface area contributed by atoms with Gasteiger partial charge in [0.25, 0.3) is 0 Å². The van der Waals surface area contributed by atoms with E-state index in [2.05, 4.69) is 0 Å². The van der Waals surface area contributed by atoms with E-state index >= 15 is 0 Å². The summed E-state index contributed by atoms with van der Waals surface area (Å²) in [7, 11) is 1.65. The molecule has 0 aromatic heterocycles. The van der Waals surface area contributed by atoms with Crippen molar-refractivity contribution in [2.24, 2.45) is 11.7 Å². The van der Waals surface area contributed by atoms with E-state index in [9.17, 15) is 0 Å². The van der Waals surface area contributed by atoms with Crippen molar-refractivity contribution < 1.29 is 9.47 Å². The summed E-state index contributed by atoms with van der Waals surface area (Å²) in [6.07, 6.45) is 3.75. The lowest BCUT2D eigenvalue weighted by Gasteiger charge is -2.15. The first-order valence-electron chi connectivity index (χ1n) is 6.31. The van der Waals surface area contributed by atoms with E-state index < -0.39 is 0 Å². The average Bonchev–Trinajstić information content (AvgIpc) is 3.13. The molecule has 0 heterocycles. The van der Waals surface area contributed by atoms with Gasteiger partial charge in [0.2, 0.25) is 0 Å². The predicted octanol–water partition coefficient (Wildman–Crippen LogP) is 2.89. The molecule has 1 aromatic carbocycles. The van der Waals surface area contributed by atoms with E-state index in [1.54, 1.807) is 7.11 Å². The van der Waals surface area contributed by atoms with Crippen molar-refractivity contribution in [2.45, 2.75) is 32.2 Å². The fourth-order valence-corrected chi connectivity index (χ4v) is 2.04. The molecule has 2 N–H and O–H groups in total. The maximum atomic E-state index is 6.20. The lowest BCUT2D eigenvalue weighted by molar-refractivity contribution is 0.310. The Morgan fingerprint density at radius 3 is 2.71 bits per heavy atom. The Labute approximate surface area is 103 Å². The topological polar surface area (TPSA) is 44.5 Å². The maximum Gasteiger partial charge on any atom is 0.161 e. The molecule has 3 nitrogen and oxygen atoms in total. The van der Waals surface area contributed by atoms with Crippen molar-refractivity contribution in [2.75, 3.05) is 13.7 Å². The molecule has 1 aromatic rings. The zero-order chi connectivity index (χ0) is 12.3. The summed E-state index contributed by atoms with van der Waals surface area (Å²) in [5, 5.41) is 0. The van der Waals surface area contributed by atoms with Gasteiger partial charge in [0, 0.05) is 6.04 Å². The highest BCUT2D eigenvalue weighted by atomic mass is 16.5. The van der Waals surface area contributed by atoms with Gasteiger partial charge in [-0.05, 0) is 37.0 Å². The van der Waals surface area contributed by atoms with Crippen LogP contribution in [0, 0.1) is 5.92 Å². The average molecular weight is 235 g/mol. The van der Waals surface area contributed by atoms with Gasteiger partial charge >= 0.3 is 0 Å². The molecule has 2 rings (SSSR count). The summed E-state index contributed by atoms with van der Waals surface area (Å²) in [4.78, 5) is 0. The summed E-state index contributed by atoms with van der Waals surface area (Å²) in [6.45, 7) is 2.61. The van der Waals surface area contributed by atoms with Gasteiger partial charge in [-0.1, -0.05) is 18.9 Å². The fourth-order valence-electron chi connectivity index (χ4n) is 2.04. The summed E-state index contributed by atoms with van der Waals surface area (Å²) in [6, 6.07) is 6.10. The number of rotatable bonds is 6. The Kier molecular flexibility index (Phi) is 3.89. The molecule has 1 fully saturated rings. The van der Waals surface area contributed by atoms with E-state index in [1.165, 1.54) is 12.8 Å². The summed E-state index contributed by atoms with van der Waals surface area (Å²) in [5.74, 6) is 2.40. The molecule has 0 amide bonds. The third-order valence-electron chi connectivity index (χ3n) is 3.20. The Bertz CT molecular complexity index is 374. The van der Waals surface area contributed by atoms with E-state index in [0.717, 1.165) is 29.4 Å². The van der Waals surface area contributed by atoms with Gasteiger partial charge in [0.1, 0.15) is 0 Å². The smallest absolute Gasteiger partial charge is 0.161 e. The molecule has 0 bridgehead atoms. The van der Waals surface area contributed by atoms with Crippen molar-refractivity contribution in [3.8, 4) is 11.5 Å². The van der Waals surface area contributed by atoms with Crippen LogP contribution in [0.1, 0.15) is 37.8 Å². The first kappa shape index (κ1) is 12.2. The molecule has 1 aliphatic carbocycles. The van der Waals surface area contributed by atoms with Crippen LogP contribution in [-0.2, 0) is 0 Å². The van der Waals surface area contributed by atoms with Gasteiger partial charge in [-0.3, -0.25) is 0 Å². The molecule has 3 heteroatoms. The molecular weight excluding hydrogens is 214 g/mol. The van der Waals surface area contributed by atoms with Crippen LogP contribution in [0.25, 0.3) is 0 Å². The quantitative estimate of drug-likeness (QED) is 0.824. The summed E-state index contributed by atoms with van der Waals surface area (Å²) in [5.41, 5.74) is 7.34. The molecule has 1 atom stereocenters. The second-order valence-corrected chi connectivity index (χ2v) is 4.63. The molecular formula is C14H21NO2. The normalized spacial score (nSPS) is 16.6. The second kappa shape index (κ2) is 5.41. The number of hydrogen-bond acceptors (Lipinski definition) is 3. The number of nitrogens with two attached hydrogens (primary N) is 1. The molecule has 1 aliphatic rings. The van der Waals surface area contributed by atoms with E-state index in [4.69, 9.17) is 15.2 Å². The van der Waals surface area contributed by atoms with Crippen molar-refractivity contribution in [3.63, 3.8) is 0 Å². The van der Waals surface area contributed by atoms with E-state index in [1.807, 2.05) is 25.1 Å². The van der Waals surface area contributed by atoms with Gasteiger partial charge in [0.05, 0.1) is 13.7 Å². The van der Waals surface area contributed by atoms with Crippen LogP contribution < -0.4 is 15.2 Å². The Hall–Kier alpha value is -1.22. The first-order valence-corrected chi connectivity index (χ1v) is 6.31. The highest BCUT2D eigenvalue weighted by molar-refractivity contribution is 5.43. The third-order valence-corrected chi connectivity index (χ3v) is 3.20. The molecule has 0 unspecified atom stereocenters. The van der Waals surface area contributed by atoms with Gasteiger partial charge in [0.15, 0.2) is 11.5 Å². The lowest BCUT2D eigenvalue weighted by atomic mass is 10.0. The van der Waals surface area contributed by atoms with Gasteiger partial charge < -0.3 is 15.2 Å². The molecule has 0 spiro atoms. The lowest BCUT2D eigenvalue weighted by Crippen LogP contribution is -2.11. The van der Waals surface area contributed by atoms with Crippen LogP contribution in [0.2, 0.25) is 0 Å².